The van der Waals surface area contributed by atoms with Gasteiger partial charge in [0, 0.05) is 38.3 Å². The van der Waals surface area contributed by atoms with E-state index < -0.39 is 0 Å². The minimum Gasteiger partial charge on any atom is -0.497 e. The van der Waals surface area contributed by atoms with E-state index >= 15 is 0 Å². The summed E-state index contributed by atoms with van der Waals surface area (Å²) in [5.74, 6) is 1.33. The van der Waals surface area contributed by atoms with E-state index in [2.05, 4.69) is 29.3 Å². The molecule has 3 rings (SSSR count). The van der Waals surface area contributed by atoms with Crippen molar-refractivity contribution in [2.75, 3.05) is 53.0 Å². The van der Waals surface area contributed by atoms with Crippen molar-refractivity contribution in [3.63, 3.8) is 0 Å². The molecule has 178 valence electrons. The largest absolute Gasteiger partial charge is 0.497 e. The van der Waals surface area contributed by atoms with Crippen LogP contribution in [0.15, 0.2) is 48.5 Å². The summed E-state index contributed by atoms with van der Waals surface area (Å²) in [4.78, 5) is 29.1. The van der Waals surface area contributed by atoms with Gasteiger partial charge in [0.15, 0.2) is 0 Å². The first-order chi connectivity index (χ1) is 16.1. The van der Waals surface area contributed by atoms with Gasteiger partial charge in [0.1, 0.15) is 11.5 Å². The van der Waals surface area contributed by atoms with Crippen LogP contribution in [0, 0.1) is 0 Å². The minimum atomic E-state index is -0.249. The highest BCUT2D eigenvalue weighted by Gasteiger charge is 2.21. The number of carbonyl (C=O) groups is 2. The number of nitrogens with zero attached hydrogens (tertiary/aromatic N) is 2. The number of carbonyl (C=O) groups excluding carboxylic acids is 2. The summed E-state index contributed by atoms with van der Waals surface area (Å²) < 4.78 is 10.8. The third-order valence-corrected chi connectivity index (χ3v) is 5.88. The fourth-order valence-electron chi connectivity index (χ4n) is 3.71. The second-order valence-corrected chi connectivity index (χ2v) is 8.23. The Morgan fingerprint density at radius 2 is 1.61 bits per heavy atom. The maximum Gasteiger partial charge on any atom is 0.251 e. The van der Waals surface area contributed by atoms with Crippen molar-refractivity contribution in [2.45, 2.75) is 26.2 Å². The maximum atomic E-state index is 12.5. The topological polar surface area (TPSA) is 71.1 Å². The van der Waals surface area contributed by atoms with Crippen molar-refractivity contribution >= 4 is 11.8 Å². The van der Waals surface area contributed by atoms with Gasteiger partial charge in [-0.1, -0.05) is 25.5 Å². The van der Waals surface area contributed by atoms with Crippen LogP contribution in [0.4, 0.5) is 0 Å². The third kappa shape index (κ3) is 7.79. The van der Waals surface area contributed by atoms with Crippen molar-refractivity contribution < 1.29 is 19.1 Å². The van der Waals surface area contributed by atoms with Gasteiger partial charge in [-0.25, -0.2) is 0 Å². The standard InChI is InChI=1S/C26H35N3O4/c1-3-4-19-33-24-11-7-22(8-12-24)26(31)27-20-25(30)29-17-15-28(16-18-29)14-13-21-5-9-23(32-2)10-6-21/h5-12H,3-4,13-20H2,1-2H3,(H,27,31). The zero-order chi connectivity index (χ0) is 23.5. The second kappa shape index (κ2) is 12.8. The van der Waals surface area contributed by atoms with E-state index in [-0.39, 0.29) is 18.4 Å². The lowest BCUT2D eigenvalue weighted by molar-refractivity contribution is -0.131. The van der Waals surface area contributed by atoms with Crippen LogP contribution in [-0.2, 0) is 11.2 Å². The molecule has 7 heteroatoms. The second-order valence-electron chi connectivity index (χ2n) is 8.23. The number of ether oxygens (including phenoxy) is 2. The van der Waals surface area contributed by atoms with Crippen molar-refractivity contribution in [3.8, 4) is 11.5 Å². The third-order valence-electron chi connectivity index (χ3n) is 5.88. The number of piperazine rings is 1. The van der Waals surface area contributed by atoms with Crippen molar-refractivity contribution in [1.29, 1.82) is 0 Å². The molecule has 2 aromatic rings. The van der Waals surface area contributed by atoms with Crippen LogP contribution in [0.2, 0.25) is 0 Å². The van der Waals surface area contributed by atoms with Gasteiger partial charge < -0.3 is 19.7 Å². The highest BCUT2D eigenvalue weighted by Crippen LogP contribution is 2.14. The summed E-state index contributed by atoms with van der Waals surface area (Å²) in [5.41, 5.74) is 1.80. The molecule has 33 heavy (non-hydrogen) atoms. The van der Waals surface area contributed by atoms with Gasteiger partial charge in [-0.2, -0.15) is 0 Å². The number of unbranched alkanes of at least 4 members (excludes halogenated alkanes) is 1. The molecule has 1 heterocycles. The van der Waals surface area contributed by atoms with E-state index in [0.29, 0.717) is 25.3 Å². The molecule has 0 atom stereocenters. The minimum absolute atomic E-state index is 0.0133. The molecular formula is C26H35N3O4. The number of benzene rings is 2. The molecule has 0 bridgehead atoms. The molecule has 7 nitrogen and oxygen atoms in total. The van der Waals surface area contributed by atoms with Crippen LogP contribution in [0.25, 0.3) is 0 Å². The molecule has 0 radical (unpaired) electrons. The zero-order valence-corrected chi connectivity index (χ0v) is 19.7. The SMILES string of the molecule is CCCCOc1ccc(C(=O)NCC(=O)N2CCN(CCc3ccc(OC)cc3)CC2)cc1. The van der Waals surface area contributed by atoms with Crippen LogP contribution in [0.5, 0.6) is 11.5 Å². The van der Waals surface area contributed by atoms with E-state index in [9.17, 15) is 9.59 Å². The van der Waals surface area contributed by atoms with Crippen LogP contribution in [0.3, 0.4) is 0 Å². The van der Waals surface area contributed by atoms with Crippen LogP contribution >= 0.6 is 0 Å². The summed E-state index contributed by atoms with van der Waals surface area (Å²) in [6.07, 6.45) is 3.05. The van der Waals surface area contributed by atoms with Crippen LogP contribution in [0.1, 0.15) is 35.7 Å². The molecule has 1 aliphatic heterocycles. The molecule has 0 saturated carbocycles. The van der Waals surface area contributed by atoms with Crippen LogP contribution < -0.4 is 14.8 Å². The Balaban J connectivity index is 1.35. The normalized spacial score (nSPS) is 14.1. The number of amides is 2. The zero-order valence-electron chi connectivity index (χ0n) is 19.7. The van der Waals surface area contributed by atoms with E-state index in [1.54, 1.807) is 31.4 Å². The average molecular weight is 454 g/mol. The maximum absolute atomic E-state index is 12.5. The van der Waals surface area contributed by atoms with Gasteiger partial charge in [0.2, 0.25) is 5.91 Å². The Bertz CT molecular complexity index is 875. The summed E-state index contributed by atoms with van der Waals surface area (Å²) >= 11 is 0. The quantitative estimate of drug-likeness (QED) is 0.530. The molecule has 1 fully saturated rings. The summed E-state index contributed by atoms with van der Waals surface area (Å²) in [6.45, 7) is 6.81. The molecule has 2 amide bonds. The number of hydrogen-bond acceptors (Lipinski definition) is 5. The Hall–Kier alpha value is -3.06. The van der Waals surface area contributed by atoms with E-state index in [1.165, 1.54) is 5.56 Å². The number of hydrogen-bond donors (Lipinski definition) is 1. The monoisotopic (exact) mass is 453 g/mol. The fraction of sp³-hybridized carbons (Fsp3) is 0.462. The Morgan fingerprint density at radius 3 is 2.24 bits per heavy atom. The summed E-state index contributed by atoms with van der Waals surface area (Å²) in [5, 5.41) is 2.74. The lowest BCUT2D eigenvalue weighted by Gasteiger charge is -2.34. The van der Waals surface area contributed by atoms with E-state index in [0.717, 1.165) is 50.4 Å². The molecule has 2 aromatic carbocycles. The Kier molecular flexibility index (Phi) is 9.57. The highest BCUT2D eigenvalue weighted by molar-refractivity contribution is 5.96. The number of rotatable bonds is 11. The summed E-state index contributed by atoms with van der Waals surface area (Å²) in [6, 6.07) is 15.2. The Labute approximate surface area is 196 Å². The molecule has 1 aliphatic rings. The van der Waals surface area contributed by atoms with E-state index in [4.69, 9.17) is 9.47 Å². The van der Waals surface area contributed by atoms with Crippen molar-refractivity contribution in [3.05, 3.63) is 59.7 Å². The molecular weight excluding hydrogens is 418 g/mol. The number of nitrogens with one attached hydrogen (secondary N) is 1. The molecule has 0 aliphatic carbocycles. The highest BCUT2D eigenvalue weighted by atomic mass is 16.5. The summed E-state index contributed by atoms with van der Waals surface area (Å²) in [7, 11) is 1.67. The van der Waals surface area contributed by atoms with Gasteiger partial charge in [-0.05, 0) is 54.8 Å². The lowest BCUT2D eigenvalue weighted by atomic mass is 10.1. The van der Waals surface area contributed by atoms with Gasteiger partial charge in [0.05, 0.1) is 20.3 Å². The van der Waals surface area contributed by atoms with Gasteiger partial charge >= 0.3 is 0 Å². The van der Waals surface area contributed by atoms with Gasteiger partial charge in [0.25, 0.3) is 5.91 Å². The lowest BCUT2D eigenvalue weighted by Crippen LogP contribution is -2.51. The van der Waals surface area contributed by atoms with Gasteiger partial charge in [-0.15, -0.1) is 0 Å². The molecule has 0 spiro atoms. The first kappa shape index (κ1) is 24.6. The molecule has 0 aromatic heterocycles. The van der Waals surface area contributed by atoms with Crippen molar-refractivity contribution in [2.24, 2.45) is 0 Å². The first-order valence-electron chi connectivity index (χ1n) is 11.7. The first-order valence-corrected chi connectivity index (χ1v) is 11.7. The predicted molar refractivity (Wildman–Crippen MR) is 129 cm³/mol. The molecule has 1 saturated heterocycles. The van der Waals surface area contributed by atoms with Crippen molar-refractivity contribution in [1.82, 2.24) is 15.1 Å². The average Bonchev–Trinajstić information content (AvgIpc) is 2.87. The fourth-order valence-corrected chi connectivity index (χ4v) is 3.71. The van der Waals surface area contributed by atoms with Gasteiger partial charge in [-0.3, -0.25) is 14.5 Å². The number of methoxy groups -OCH3 is 1. The molecule has 0 unspecified atom stereocenters. The van der Waals surface area contributed by atoms with E-state index in [1.807, 2.05) is 17.0 Å². The molecule has 1 N–H and O–H groups in total. The smallest absolute Gasteiger partial charge is 0.251 e. The predicted octanol–water partition coefficient (Wildman–Crippen LogP) is 2.99. The van der Waals surface area contributed by atoms with Crippen LogP contribution in [-0.4, -0.2) is 74.6 Å². The Morgan fingerprint density at radius 1 is 0.939 bits per heavy atom.